The lowest BCUT2D eigenvalue weighted by molar-refractivity contribution is 0.0600. The molecule has 0 radical (unpaired) electrons. The van der Waals surface area contributed by atoms with E-state index in [1.54, 1.807) is 43.0 Å². The number of rotatable bonds is 3. The van der Waals surface area contributed by atoms with Crippen molar-refractivity contribution < 1.29 is 23.5 Å². The van der Waals surface area contributed by atoms with Gasteiger partial charge in [0.2, 0.25) is 0 Å². The molecule has 3 aromatic rings. The van der Waals surface area contributed by atoms with Crippen LogP contribution in [0.1, 0.15) is 37.4 Å². The van der Waals surface area contributed by atoms with Crippen molar-refractivity contribution in [2.75, 3.05) is 20.3 Å². The molecule has 1 heterocycles. The van der Waals surface area contributed by atoms with Crippen LogP contribution in [0.3, 0.4) is 0 Å². The molecule has 3 aromatic carbocycles. The van der Waals surface area contributed by atoms with Crippen molar-refractivity contribution in [2.24, 2.45) is 0 Å². The van der Waals surface area contributed by atoms with E-state index in [4.69, 9.17) is 9.47 Å². The van der Waals surface area contributed by atoms with Crippen LogP contribution < -0.4 is 4.74 Å². The topological polar surface area (TPSA) is 55.8 Å². The maximum atomic E-state index is 14.4. The number of methoxy groups -OCH3 is 1. The van der Waals surface area contributed by atoms with Gasteiger partial charge < -0.3 is 14.4 Å². The lowest BCUT2D eigenvalue weighted by atomic mass is 10.0. The summed E-state index contributed by atoms with van der Waals surface area (Å²) in [6.07, 6.45) is 0. The van der Waals surface area contributed by atoms with E-state index in [0.717, 1.165) is 22.4 Å². The van der Waals surface area contributed by atoms with Crippen molar-refractivity contribution in [3.63, 3.8) is 0 Å². The summed E-state index contributed by atoms with van der Waals surface area (Å²) < 4.78 is 25.0. The maximum absolute atomic E-state index is 14.4. The van der Waals surface area contributed by atoms with E-state index in [1.807, 2.05) is 30.3 Å². The molecule has 0 aromatic heterocycles. The molecule has 0 saturated carbocycles. The van der Waals surface area contributed by atoms with E-state index in [9.17, 15) is 14.0 Å². The summed E-state index contributed by atoms with van der Waals surface area (Å²) in [7, 11) is 1.35. The number of hydrogen-bond acceptors (Lipinski definition) is 4. The predicted octanol–water partition coefficient (Wildman–Crippen LogP) is 4.93. The van der Waals surface area contributed by atoms with Crippen LogP contribution in [0.15, 0.2) is 54.6 Å². The zero-order valence-electron chi connectivity index (χ0n) is 18.3. The van der Waals surface area contributed by atoms with E-state index in [1.165, 1.54) is 7.11 Å². The van der Waals surface area contributed by atoms with Crippen LogP contribution in [0, 0.1) is 19.7 Å². The Morgan fingerprint density at radius 3 is 2.44 bits per heavy atom. The third-order valence-electron chi connectivity index (χ3n) is 5.78. The van der Waals surface area contributed by atoms with Crippen LogP contribution in [0.2, 0.25) is 0 Å². The highest BCUT2D eigenvalue weighted by molar-refractivity contribution is 5.96. The highest BCUT2D eigenvalue weighted by Crippen LogP contribution is 2.30. The zero-order chi connectivity index (χ0) is 22.8. The van der Waals surface area contributed by atoms with Crippen molar-refractivity contribution >= 4 is 11.9 Å². The molecule has 1 aliphatic heterocycles. The molecule has 164 valence electrons. The maximum Gasteiger partial charge on any atom is 0.337 e. The molecule has 4 rings (SSSR count). The van der Waals surface area contributed by atoms with Gasteiger partial charge in [-0.25, -0.2) is 9.18 Å². The van der Waals surface area contributed by atoms with E-state index in [0.29, 0.717) is 42.0 Å². The molecule has 0 aliphatic carbocycles. The summed E-state index contributed by atoms with van der Waals surface area (Å²) in [6, 6.07) is 16.3. The quantitative estimate of drug-likeness (QED) is 0.550. The normalized spacial score (nSPS) is 13.1. The fourth-order valence-electron chi connectivity index (χ4n) is 3.89. The number of amides is 1. The molecule has 0 fully saturated rings. The van der Waals surface area contributed by atoms with Crippen LogP contribution in [-0.2, 0) is 11.3 Å². The summed E-state index contributed by atoms with van der Waals surface area (Å²) in [6.45, 7) is 4.45. The average Bonchev–Trinajstić information content (AvgIpc) is 3.04. The van der Waals surface area contributed by atoms with Crippen LogP contribution in [0.5, 0.6) is 5.75 Å². The van der Waals surface area contributed by atoms with E-state index >= 15 is 0 Å². The van der Waals surface area contributed by atoms with Crippen LogP contribution >= 0.6 is 0 Å². The molecular formula is C26H24FNO4. The van der Waals surface area contributed by atoms with E-state index in [2.05, 4.69) is 0 Å². The van der Waals surface area contributed by atoms with Gasteiger partial charge in [-0.1, -0.05) is 24.3 Å². The molecule has 0 spiro atoms. The van der Waals surface area contributed by atoms with Gasteiger partial charge in [0.25, 0.3) is 5.91 Å². The van der Waals surface area contributed by atoms with Crippen LogP contribution in [-0.4, -0.2) is 37.0 Å². The summed E-state index contributed by atoms with van der Waals surface area (Å²) >= 11 is 0. The molecule has 5 nitrogen and oxygen atoms in total. The Bertz CT molecular complexity index is 1190. The zero-order valence-corrected chi connectivity index (χ0v) is 18.3. The fourth-order valence-corrected chi connectivity index (χ4v) is 3.89. The minimum atomic E-state index is -0.385. The first-order valence-electron chi connectivity index (χ1n) is 10.4. The SMILES string of the molecule is COC(=O)c1ccc(-c2ccc3c(c2)CN(C(=O)c2ccc(C)c(F)c2C)CCO3)cc1. The number of fused-ring (bicyclic) bond motifs is 1. The Labute approximate surface area is 186 Å². The Morgan fingerprint density at radius 1 is 1.00 bits per heavy atom. The lowest BCUT2D eigenvalue weighted by Gasteiger charge is -2.21. The van der Waals surface area contributed by atoms with E-state index in [-0.39, 0.29) is 17.7 Å². The van der Waals surface area contributed by atoms with Gasteiger partial charge in [0, 0.05) is 17.7 Å². The van der Waals surface area contributed by atoms with Crippen LogP contribution in [0.25, 0.3) is 11.1 Å². The van der Waals surface area contributed by atoms with Gasteiger partial charge >= 0.3 is 5.97 Å². The number of hydrogen-bond donors (Lipinski definition) is 0. The van der Waals surface area contributed by atoms with Gasteiger partial charge in [-0.2, -0.15) is 0 Å². The second-order valence-electron chi connectivity index (χ2n) is 7.84. The molecule has 0 saturated heterocycles. The molecular weight excluding hydrogens is 409 g/mol. The highest BCUT2D eigenvalue weighted by Gasteiger charge is 2.24. The smallest absolute Gasteiger partial charge is 0.337 e. The number of carbonyl (C=O) groups is 2. The van der Waals surface area contributed by atoms with Gasteiger partial charge in [0.1, 0.15) is 18.2 Å². The highest BCUT2D eigenvalue weighted by atomic mass is 19.1. The van der Waals surface area contributed by atoms with Crippen molar-refractivity contribution in [3.8, 4) is 16.9 Å². The summed E-state index contributed by atoms with van der Waals surface area (Å²) in [5, 5.41) is 0. The number of ether oxygens (including phenoxy) is 2. The molecule has 1 amide bonds. The minimum Gasteiger partial charge on any atom is -0.491 e. The van der Waals surface area contributed by atoms with Gasteiger partial charge in [0.15, 0.2) is 0 Å². The van der Waals surface area contributed by atoms with Crippen molar-refractivity contribution in [3.05, 3.63) is 88.2 Å². The molecule has 6 heteroatoms. The molecule has 0 N–H and O–H groups in total. The number of halogens is 1. The first-order valence-corrected chi connectivity index (χ1v) is 10.4. The van der Waals surface area contributed by atoms with Gasteiger partial charge in [-0.15, -0.1) is 0 Å². The standard InChI is InChI=1S/C26H24FNO4/c1-16-4-10-22(17(2)24(16)27)25(29)28-12-13-32-23-11-9-20(14-21(23)15-28)18-5-7-19(8-6-18)26(30)31-3/h4-11,14H,12-13,15H2,1-3H3. The van der Waals surface area contributed by atoms with Crippen molar-refractivity contribution in [1.29, 1.82) is 0 Å². The molecule has 0 unspecified atom stereocenters. The van der Waals surface area contributed by atoms with Gasteiger partial charge in [-0.3, -0.25) is 4.79 Å². The Kier molecular flexibility index (Phi) is 5.95. The first-order chi connectivity index (χ1) is 15.4. The Balaban J connectivity index is 1.62. The summed E-state index contributed by atoms with van der Waals surface area (Å²) in [4.78, 5) is 26.6. The van der Waals surface area contributed by atoms with Gasteiger partial charge in [-0.05, 0) is 66.4 Å². The third-order valence-corrected chi connectivity index (χ3v) is 5.78. The second kappa shape index (κ2) is 8.83. The van der Waals surface area contributed by atoms with Crippen molar-refractivity contribution in [1.82, 2.24) is 4.90 Å². The number of benzene rings is 3. The molecule has 32 heavy (non-hydrogen) atoms. The Hall–Kier alpha value is -3.67. The first kappa shape index (κ1) is 21.6. The number of carbonyl (C=O) groups excluding carboxylic acids is 2. The largest absolute Gasteiger partial charge is 0.491 e. The number of aryl methyl sites for hydroxylation is 1. The number of nitrogens with zero attached hydrogens (tertiary/aromatic N) is 1. The fraction of sp³-hybridized carbons (Fsp3) is 0.231. The second-order valence-corrected chi connectivity index (χ2v) is 7.84. The lowest BCUT2D eigenvalue weighted by Crippen LogP contribution is -2.33. The predicted molar refractivity (Wildman–Crippen MR) is 119 cm³/mol. The third kappa shape index (κ3) is 4.08. The van der Waals surface area contributed by atoms with Crippen molar-refractivity contribution in [2.45, 2.75) is 20.4 Å². The van der Waals surface area contributed by atoms with Gasteiger partial charge in [0.05, 0.1) is 19.2 Å². The minimum absolute atomic E-state index is 0.217. The Morgan fingerprint density at radius 2 is 1.72 bits per heavy atom. The molecule has 0 bridgehead atoms. The van der Waals surface area contributed by atoms with Crippen LogP contribution in [0.4, 0.5) is 4.39 Å². The molecule has 1 aliphatic rings. The van der Waals surface area contributed by atoms with E-state index < -0.39 is 0 Å². The summed E-state index contributed by atoms with van der Waals surface area (Å²) in [5.74, 6) is -0.225. The monoisotopic (exact) mass is 433 g/mol. The number of esters is 1. The summed E-state index contributed by atoms with van der Waals surface area (Å²) in [5.41, 5.74) is 4.47. The average molecular weight is 433 g/mol. The molecule has 0 atom stereocenters.